The Morgan fingerprint density at radius 1 is 0.667 bits per heavy atom. The van der Waals surface area contributed by atoms with Crippen LogP contribution in [0.4, 0.5) is 0 Å². The van der Waals surface area contributed by atoms with Crippen LogP contribution in [0.2, 0.25) is 41.3 Å². The van der Waals surface area contributed by atoms with Crippen molar-refractivity contribution in [1.82, 2.24) is 0 Å². The van der Waals surface area contributed by atoms with E-state index >= 15 is 0 Å². The monoisotopic (exact) mass is 547 g/mol. The van der Waals surface area contributed by atoms with Crippen LogP contribution in [0.25, 0.3) is 0 Å². The molecule has 2 aromatic rings. The van der Waals surface area contributed by atoms with Crippen LogP contribution < -0.4 is 10.6 Å². The van der Waals surface area contributed by atoms with E-state index in [-0.39, 0.29) is 32.7 Å². The molecule has 10 aliphatic rings. The van der Waals surface area contributed by atoms with Gasteiger partial charge in [0.25, 0.3) is 0 Å². The van der Waals surface area contributed by atoms with Crippen molar-refractivity contribution in [3.8, 4) is 0 Å². The zero-order valence-electron chi connectivity index (χ0n) is 14.3. The van der Waals surface area contributed by atoms with E-state index in [1.54, 1.807) is 10.6 Å². The fraction of sp³-hybridized carbons (Fsp3) is 0.455. The molecular weight excluding hydrogens is 528 g/mol. The normalized spacial score (nSPS) is 81.3. The molecule has 10 heterocycles. The van der Waals surface area contributed by atoms with Crippen molar-refractivity contribution < 1.29 is 25.7 Å². The molecule has 0 radical (unpaired) electrons. The molecule has 12 rings (SSSR count). The molecular formula is C22H20Cl2FePPd. The van der Waals surface area contributed by atoms with Crippen LogP contribution in [0, 0.1) is 0 Å². The van der Waals surface area contributed by atoms with Crippen molar-refractivity contribution in [2.45, 2.75) is 45.4 Å². The van der Waals surface area contributed by atoms with Gasteiger partial charge in [0.15, 0.2) is 0 Å². The second-order valence-electron chi connectivity index (χ2n) is 12.6. The third-order valence-corrected chi connectivity index (χ3v) is 73.7. The molecule has 10 saturated heterocycles. The minimum absolute atomic E-state index is 0. The van der Waals surface area contributed by atoms with Gasteiger partial charge in [0, 0.05) is 0 Å². The van der Waals surface area contributed by atoms with Crippen LogP contribution in [0.5, 0.6) is 0 Å². The summed E-state index contributed by atoms with van der Waals surface area (Å²) in [4.78, 5) is 10.9. The van der Waals surface area contributed by atoms with E-state index < -0.39 is 6.51 Å². The first-order valence-corrected chi connectivity index (χ1v) is 18.1. The fourth-order valence-corrected chi connectivity index (χ4v) is 119. The Hall–Kier alpha value is 0.632. The Bertz CT molecular complexity index is 1450. The van der Waals surface area contributed by atoms with Crippen LogP contribution in [0.3, 0.4) is 0 Å². The predicted octanol–water partition coefficient (Wildman–Crippen LogP) is 6.13. The predicted molar refractivity (Wildman–Crippen MR) is 109 cm³/mol. The Balaban J connectivity index is 0.000000589. The van der Waals surface area contributed by atoms with Gasteiger partial charge in [0.2, 0.25) is 0 Å². The summed E-state index contributed by atoms with van der Waals surface area (Å²) in [7, 11) is -0.154. The minimum atomic E-state index is -3.28. The van der Waals surface area contributed by atoms with Crippen LogP contribution in [-0.4, -0.2) is 4.05 Å². The molecule has 10 fully saturated rings. The molecule has 5 unspecified atom stereocenters. The Morgan fingerprint density at radius 2 is 1.11 bits per heavy atom. The van der Waals surface area contributed by atoms with Gasteiger partial charge in [-0.15, -0.1) is 24.8 Å². The summed E-state index contributed by atoms with van der Waals surface area (Å²) in [5.41, 5.74) is 0. The quantitative estimate of drug-likeness (QED) is 0.320. The van der Waals surface area contributed by atoms with E-state index in [4.69, 9.17) is 0 Å². The Morgan fingerprint density at radius 3 is 1.37 bits per heavy atom. The number of rotatable bonds is 3. The molecule has 1 spiro atoms. The molecule has 0 saturated carbocycles. The summed E-state index contributed by atoms with van der Waals surface area (Å²) in [6.07, 6.45) is 0. The van der Waals surface area contributed by atoms with Gasteiger partial charge in [-0.25, -0.2) is 0 Å². The van der Waals surface area contributed by atoms with Gasteiger partial charge in [-0.3, -0.25) is 0 Å². The summed E-state index contributed by atoms with van der Waals surface area (Å²) >= 11 is 4.34. The Kier molecular flexibility index (Phi) is 0.935. The first-order valence-electron chi connectivity index (χ1n) is 9.80. The molecule has 10 aliphatic heterocycles. The number of halogens is 2. The number of hydrogen-bond acceptors (Lipinski definition) is 0. The maximum absolute atomic E-state index is 4.34. The third kappa shape index (κ3) is 0.243. The van der Waals surface area contributed by atoms with Crippen molar-refractivity contribution in [3.05, 3.63) is 60.7 Å². The molecule has 145 valence electrons. The molecule has 27 heavy (non-hydrogen) atoms. The van der Waals surface area contributed by atoms with E-state index in [0.29, 0.717) is 0 Å². The van der Waals surface area contributed by atoms with Crippen molar-refractivity contribution in [2.75, 3.05) is 0 Å². The van der Waals surface area contributed by atoms with Gasteiger partial charge >= 0.3 is 150 Å². The zero-order valence-corrected chi connectivity index (χ0v) is 19.5. The summed E-state index contributed by atoms with van der Waals surface area (Å²) in [5.74, 6) is 0. The summed E-state index contributed by atoms with van der Waals surface area (Å²) in [6, 6.07) is 23.6. The fourth-order valence-electron chi connectivity index (χ4n) is 18.3. The molecule has 5 atom stereocenters. The van der Waals surface area contributed by atoms with E-state index in [0.717, 1.165) is 6.84 Å². The molecule has 0 bridgehead atoms. The molecule has 0 nitrogen and oxygen atoms in total. The van der Waals surface area contributed by atoms with Gasteiger partial charge < -0.3 is 0 Å². The summed E-state index contributed by atoms with van der Waals surface area (Å²) in [6.45, 7) is -3.28. The van der Waals surface area contributed by atoms with Crippen LogP contribution >= 0.6 is 32.7 Å². The van der Waals surface area contributed by atoms with Crippen molar-refractivity contribution in [2.24, 2.45) is 0 Å². The molecule has 0 amide bonds. The second-order valence-corrected chi connectivity index (χ2v) is 40.5. The molecule has 5 heteroatoms. The van der Waals surface area contributed by atoms with Crippen LogP contribution in [-0.2, 0) is 25.7 Å². The summed E-state index contributed by atoms with van der Waals surface area (Å²) < 4.78 is 1.65. The van der Waals surface area contributed by atoms with Crippen molar-refractivity contribution >= 4 is 43.3 Å². The van der Waals surface area contributed by atoms with Crippen molar-refractivity contribution in [3.63, 3.8) is 0 Å². The standard InChI is InChI=1S/C17H13P.C5H5.2ClH.Fe.Pd/c1-3-9-15(10-4-1)18(17-13-7-8-14-17)16-11-5-2-6-12-16;1-2-4-5-3-1;;;;/h1-13H;1-5H;2*1H;;. The molecule has 2 aromatic carbocycles. The van der Waals surface area contributed by atoms with Gasteiger partial charge in [0.05, 0.1) is 0 Å². The first kappa shape index (κ1) is 14.6. The molecule has 0 aliphatic carbocycles. The molecule has 0 N–H and O–H groups in total. The first-order chi connectivity index (χ1) is 12.0. The molecule has 0 aromatic heterocycles. The maximum atomic E-state index is 4.34. The van der Waals surface area contributed by atoms with Gasteiger partial charge in [0.1, 0.15) is 0 Å². The number of benzene rings is 2. The topological polar surface area (TPSA) is 0 Å². The van der Waals surface area contributed by atoms with Crippen LogP contribution in [0.15, 0.2) is 60.7 Å². The van der Waals surface area contributed by atoms with E-state index in [1.807, 2.05) is 0 Å². The zero-order chi connectivity index (χ0) is 15.7. The van der Waals surface area contributed by atoms with Gasteiger partial charge in [-0.05, 0) is 0 Å². The van der Waals surface area contributed by atoms with Gasteiger partial charge in [-0.1, -0.05) is 0 Å². The van der Waals surface area contributed by atoms with E-state index in [1.165, 1.54) is 38.5 Å². The average molecular weight is 549 g/mol. The van der Waals surface area contributed by atoms with Crippen LogP contribution in [0.1, 0.15) is 0 Å². The number of hydrogen-bond donors (Lipinski definition) is 0. The summed E-state index contributed by atoms with van der Waals surface area (Å²) in [5, 5.41) is 3.42. The van der Waals surface area contributed by atoms with E-state index in [2.05, 4.69) is 79.9 Å². The Labute approximate surface area is 173 Å². The third-order valence-electron chi connectivity index (χ3n) is 16.9. The van der Waals surface area contributed by atoms with E-state index in [9.17, 15) is 0 Å². The second kappa shape index (κ2) is 1.73. The average Bonchev–Trinajstić information content (AvgIpc) is 3.60. The number of fused-ring (bicyclic) bond motifs is 10. The SMILES string of the molecule is Cl.Cl.[Pd][C]12[CH]3[CH]4[CH]5[C]1(P(c1ccccc1)c1ccccc1)[Fe]43521678[CH]2[CH]1[CH]6[CH]7[CH]28. The van der Waals surface area contributed by atoms with Gasteiger partial charge in [-0.2, -0.15) is 0 Å². The van der Waals surface area contributed by atoms with Crippen molar-refractivity contribution in [1.29, 1.82) is 0 Å².